The Morgan fingerprint density at radius 1 is 1.10 bits per heavy atom. The fraction of sp³-hybridized carbons (Fsp3) is 0.318. The predicted octanol–water partition coefficient (Wildman–Crippen LogP) is 3.43. The van der Waals surface area contributed by atoms with Crippen LogP contribution in [0.5, 0.6) is 5.75 Å². The minimum absolute atomic E-state index is 0.00769. The highest BCUT2D eigenvalue weighted by atomic mass is 32.2. The largest absolute Gasteiger partial charge is 0.497 e. The molecule has 7 heteroatoms. The molecule has 29 heavy (non-hydrogen) atoms. The van der Waals surface area contributed by atoms with E-state index < -0.39 is 22.0 Å². The van der Waals surface area contributed by atoms with Crippen LogP contribution in [0.4, 0.5) is 4.79 Å². The van der Waals surface area contributed by atoms with Gasteiger partial charge in [-0.25, -0.2) is 13.2 Å². The van der Waals surface area contributed by atoms with Crippen molar-refractivity contribution in [3.8, 4) is 5.75 Å². The van der Waals surface area contributed by atoms with E-state index in [4.69, 9.17) is 9.47 Å². The molecule has 0 aliphatic carbocycles. The Balaban J connectivity index is 1.81. The SMILES string of the molecule is C=C[C@H]1CS(=O)(=O)C[C@@H]1N(Cc1ccc(OC)cc1)C(=O)OCc1ccccc1. The molecule has 0 bridgehead atoms. The van der Waals surface area contributed by atoms with Gasteiger partial charge in [-0.1, -0.05) is 48.5 Å². The number of ether oxygens (including phenoxy) is 2. The summed E-state index contributed by atoms with van der Waals surface area (Å²) in [5, 5.41) is 0. The topological polar surface area (TPSA) is 72.9 Å². The first-order valence-electron chi connectivity index (χ1n) is 9.35. The summed E-state index contributed by atoms with van der Waals surface area (Å²) in [6, 6.07) is 16.2. The van der Waals surface area contributed by atoms with Crippen LogP contribution in [0.15, 0.2) is 67.3 Å². The zero-order valence-electron chi connectivity index (χ0n) is 16.4. The first kappa shape index (κ1) is 20.9. The van der Waals surface area contributed by atoms with Crippen LogP contribution in [-0.2, 0) is 27.7 Å². The van der Waals surface area contributed by atoms with Gasteiger partial charge in [-0.2, -0.15) is 0 Å². The van der Waals surface area contributed by atoms with E-state index in [0.717, 1.165) is 11.1 Å². The van der Waals surface area contributed by atoms with Crippen LogP contribution in [0, 0.1) is 5.92 Å². The molecule has 154 valence electrons. The van der Waals surface area contributed by atoms with Crippen molar-refractivity contribution in [3.05, 3.63) is 78.4 Å². The molecule has 1 saturated heterocycles. The molecule has 2 atom stereocenters. The van der Waals surface area contributed by atoms with Gasteiger partial charge >= 0.3 is 6.09 Å². The summed E-state index contributed by atoms with van der Waals surface area (Å²) >= 11 is 0. The predicted molar refractivity (Wildman–Crippen MR) is 111 cm³/mol. The Hall–Kier alpha value is -2.80. The van der Waals surface area contributed by atoms with E-state index in [1.165, 1.54) is 4.90 Å². The average Bonchev–Trinajstić information content (AvgIpc) is 3.05. The van der Waals surface area contributed by atoms with Crippen LogP contribution in [0.3, 0.4) is 0 Å². The maximum Gasteiger partial charge on any atom is 0.410 e. The van der Waals surface area contributed by atoms with Crippen molar-refractivity contribution in [1.29, 1.82) is 0 Å². The normalized spacial score (nSPS) is 20.0. The standard InChI is InChI=1S/C22H25NO5S/c1-3-19-15-29(25,26)16-21(19)23(13-17-9-11-20(27-2)12-10-17)22(24)28-14-18-7-5-4-6-8-18/h3-12,19,21H,1,13-16H2,2H3/t19-,21-/m0/s1. The molecule has 0 unspecified atom stereocenters. The Morgan fingerprint density at radius 2 is 1.79 bits per heavy atom. The van der Waals surface area contributed by atoms with E-state index in [2.05, 4.69) is 6.58 Å². The zero-order chi connectivity index (χ0) is 20.9. The fourth-order valence-electron chi connectivity index (χ4n) is 3.45. The monoisotopic (exact) mass is 415 g/mol. The Labute approximate surface area is 171 Å². The number of sulfone groups is 1. The molecule has 2 aromatic carbocycles. The second-order valence-corrected chi connectivity index (χ2v) is 9.21. The maximum atomic E-state index is 13.0. The Bertz CT molecular complexity index is 941. The third-order valence-corrected chi connectivity index (χ3v) is 6.76. The van der Waals surface area contributed by atoms with E-state index in [1.54, 1.807) is 25.3 Å². The van der Waals surface area contributed by atoms with E-state index in [1.807, 2.05) is 42.5 Å². The molecule has 1 heterocycles. The molecular weight excluding hydrogens is 390 g/mol. The van der Waals surface area contributed by atoms with Crippen LogP contribution < -0.4 is 4.74 Å². The molecular formula is C22H25NO5S. The summed E-state index contributed by atoms with van der Waals surface area (Å²) in [7, 11) is -1.66. The van der Waals surface area contributed by atoms with Gasteiger partial charge in [0.25, 0.3) is 0 Å². The molecule has 0 N–H and O–H groups in total. The number of carbonyl (C=O) groups is 1. The number of amides is 1. The van der Waals surface area contributed by atoms with Gasteiger partial charge in [0, 0.05) is 12.5 Å². The lowest BCUT2D eigenvalue weighted by molar-refractivity contribution is 0.0760. The van der Waals surface area contributed by atoms with Gasteiger partial charge in [-0.3, -0.25) is 4.90 Å². The number of carbonyl (C=O) groups excluding carboxylic acids is 1. The van der Waals surface area contributed by atoms with Gasteiger partial charge in [0.05, 0.1) is 24.7 Å². The number of hydrogen-bond acceptors (Lipinski definition) is 5. The van der Waals surface area contributed by atoms with E-state index >= 15 is 0 Å². The van der Waals surface area contributed by atoms with E-state index in [0.29, 0.717) is 5.75 Å². The summed E-state index contributed by atoms with van der Waals surface area (Å²) in [5.41, 5.74) is 1.72. The molecule has 3 rings (SSSR count). The lowest BCUT2D eigenvalue weighted by atomic mass is 10.0. The van der Waals surface area contributed by atoms with Crippen LogP contribution in [-0.4, -0.2) is 44.1 Å². The van der Waals surface area contributed by atoms with Gasteiger partial charge in [-0.15, -0.1) is 6.58 Å². The summed E-state index contributed by atoms with van der Waals surface area (Å²) < 4.78 is 35.1. The van der Waals surface area contributed by atoms with Crippen LogP contribution in [0.2, 0.25) is 0 Å². The smallest absolute Gasteiger partial charge is 0.410 e. The van der Waals surface area contributed by atoms with E-state index in [9.17, 15) is 13.2 Å². The third kappa shape index (κ3) is 5.38. The van der Waals surface area contributed by atoms with Crippen molar-refractivity contribution in [3.63, 3.8) is 0 Å². The first-order chi connectivity index (χ1) is 13.9. The summed E-state index contributed by atoms with van der Waals surface area (Å²) in [5.74, 6) is 0.272. The number of benzene rings is 2. The van der Waals surface area contributed by atoms with Crippen LogP contribution in [0.1, 0.15) is 11.1 Å². The first-order valence-corrected chi connectivity index (χ1v) is 11.2. The lowest BCUT2D eigenvalue weighted by Crippen LogP contribution is -2.44. The quantitative estimate of drug-likeness (QED) is 0.648. The minimum atomic E-state index is -3.25. The number of hydrogen-bond donors (Lipinski definition) is 0. The van der Waals surface area contributed by atoms with E-state index in [-0.39, 0.29) is 30.6 Å². The molecule has 0 radical (unpaired) electrons. The van der Waals surface area contributed by atoms with Crippen molar-refractivity contribution in [1.82, 2.24) is 4.90 Å². The highest BCUT2D eigenvalue weighted by Gasteiger charge is 2.41. The fourth-order valence-corrected chi connectivity index (χ4v) is 5.48. The van der Waals surface area contributed by atoms with Gasteiger partial charge in [0.15, 0.2) is 9.84 Å². The van der Waals surface area contributed by atoms with Gasteiger partial charge in [-0.05, 0) is 23.3 Å². The molecule has 6 nitrogen and oxygen atoms in total. The second-order valence-electron chi connectivity index (χ2n) is 7.06. The van der Waals surface area contributed by atoms with Crippen molar-refractivity contribution in [2.75, 3.05) is 18.6 Å². The summed E-state index contributed by atoms with van der Waals surface area (Å²) in [6.07, 6.45) is 1.07. The lowest BCUT2D eigenvalue weighted by Gasteiger charge is -2.30. The zero-order valence-corrected chi connectivity index (χ0v) is 17.2. The average molecular weight is 416 g/mol. The molecule has 1 aliphatic rings. The molecule has 2 aromatic rings. The van der Waals surface area contributed by atoms with Crippen LogP contribution >= 0.6 is 0 Å². The maximum absolute atomic E-state index is 13.0. The number of methoxy groups -OCH3 is 1. The van der Waals surface area contributed by atoms with Gasteiger partial charge in [0.1, 0.15) is 12.4 Å². The van der Waals surface area contributed by atoms with Gasteiger partial charge in [0.2, 0.25) is 0 Å². The minimum Gasteiger partial charge on any atom is -0.497 e. The molecule has 1 aliphatic heterocycles. The molecule has 0 aromatic heterocycles. The highest BCUT2D eigenvalue weighted by molar-refractivity contribution is 7.91. The van der Waals surface area contributed by atoms with Crippen molar-refractivity contribution >= 4 is 15.9 Å². The van der Waals surface area contributed by atoms with Crippen molar-refractivity contribution in [2.24, 2.45) is 5.92 Å². The van der Waals surface area contributed by atoms with Crippen LogP contribution in [0.25, 0.3) is 0 Å². The van der Waals surface area contributed by atoms with Crippen molar-refractivity contribution in [2.45, 2.75) is 19.2 Å². The third-order valence-electron chi connectivity index (χ3n) is 5.02. The Morgan fingerprint density at radius 3 is 2.41 bits per heavy atom. The molecule has 1 amide bonds. The Kier molecular flexibility index (Phi) is 6.59. The molecule has 0 saturated carbocycles. The highest BCUT2D eigenvalue weighted by Crippen LogP contribution is 2.27. The number of nitrogens with zero attached hydrogens (tertiary/aromatic N) is 1. The van der Waals surface area contributed by atoms with Crippen molar-refractivity contribution < 1.29 is 22.7 Å². The summed E-state index contributed by atoms with van der Waals surface area (Å²) in [4.78, 5) is 14.5. The second kappa shape index (κ2) is 9.13. The molecule has 0 spiro atoms. The van der Waals surface area contributed by atoms with Gasteiger partial charge < -0.3 is 9.47 Å². The number of rotatable bonds is 7. The summed E-state index contributed by atoms with van der Waals surface area (Å²) in [6.45, 7) is 4.12. The molecule has 1 fully saturated rings.